The number of amides is 1. The number of nitrogens with one attached hydrogen (secondary N) is 2. The van der Waals surface area contributed by atoms with E-state index in [0.29, 0.717) is 35.3 Å². The van der Waals surface area contributed by atoms with Crippen molar-refractivity contribution in [1.82, 2.24) is 10.4 Å². The van der Waals surface area contributed by atoms with Gasteiger partial charge in [0, 0.05) is 27.2 Å². The van der Waals surface area contributed by atoms with E-state index >= 15 is 0 Å². The zero-order valence-corrected chi connectivity index (χ0v) is 23.8. The van der Waals surface area contributed by atoms with Gasteiger partial charge in [0.1, 0.15) is 6.61 Å². The zero-order chi connectivity index (χ0) is 28.4. The van der Waals surface area contributed by atoms with Gasteiger partial charge in [-0.1, -0.05) is 54.1 Å². The Bertz CT molecular complexity index is 1620. The Morgan fingerprint density at radius 3 is 2.49 bits per heavy atom. The molecule has 0 atom stereocenters. The standard InChI is InChI=1S/C32H27ClN4O3S/c1-2-39-30-18-23(8-17-29(30)40-20-22-6-4-3-5-7-22)19-34-37-31(38)25-11-9-24(10-12-25)28-21-41-32(36-28)35-27-15-13-26(33)14-16-27/h3-19,21H,2,20H2,1H3,(H,35,36)(H,37,38)/b34-19-. The molecule has 0 bridgehead atoms. The minimum atomic E-state index is -0.316. The minimum Gasteiger partial charge on any atom is -0.490 e. The fourth-order valence-electron chi connectivity index (χ4n) is 3.87. The number of carbonyl (C=O) groups excluding carboxylic acids is 1. The van der Waals surface area contributed by atoms with Gasteiger partial charge in [-0.2, -0.15) is 5.10 Å². The second-order valence-electron chi connectivity index (χ2n) is 8.86. The van der Waals surface area contributed by atoms with E-state index in [1.54, 1.807) is 18.3 Å². The molecular weight excluding hydrogens is 556 g/mol. The Morgan fingerprint density at radius 2 is 1.73 bits per heavy atom. The maximum atomic E-state index is 12.7. The van der Waals surface area contributed by atoms with Crippen LogP contribution in [0, 0.1) is 0 Å². The fraction of sp³-hybridized carbons (Fsp3) is 0.0938. The van der Waals surface area contributed by atoms with E-state index in [-0.39, 0.29) is 5.91 Å². The van der Waals surface area contributed by atoms with Crippen LogP contribution in [0.3, 0.4) is 0 Å². The highest BCUT2D eigenvalue weighted by molar-refractivity contribution is 7.14. The lowest BCUT2D eigenvalue weighted by Gasteiger charge is -2.12. The molecule has 2 N–H and O–H groups in total. The minimum absolute atomic E-state index is 0.316. The summed E-state index contributed by atoms with van der Waals surface area (Å²) in [5.74, 6) is 0.942. The third-order valence-corrected chi connectivity index (χ3v) is 6.94. The molecule has 206 valence electrons. The fourth-order valence-corrected chi connectivity index (χ4v) is 4.74. The number of hydrogen-bond acceptors (Lipinski definition) is 7. The van der Waals surface area contributed by atoms with Crippen molar-refractivity contribution >= 4 is 45.9 Å². The van der Waals surface area contributed by atoms with Gasteiger partial charge in [0.25, 0.3) is 5.91 Å². The van der Waals surface area contributed by atoms with Crippen molar-refractivity contribution in [2.24, 2.45) is 5.10 Å². The monoisotopic (exact) mass is 582 g/mol. The average Bonchev–Trinajstić information content (AvgIpc) is 3.47. The van der Waals surface area contributed by atoms with Crippen LogP contribution in [-0.2, 0) is 6.61 Å². The van der Waals surface area contributed by atoms with Crippen molar-refractivity contribution in [2.75, 3.05) is 11.9 Å². The van der Waals surface area contributed by atoms with Crippen LogP contribution in [0.15, 0.2) is 108 Å². The van der Waals surface area contributed by atoms with Gasteiger partial charge in [-0.25, -0.2) is 10.4 Å². The van der Waals surface area contributed by atoms with Gasteiger partial charge in [0.15, 0.2) is 16.6 Å². The van der Waals surface area contributed by atoms with E-state index in [9.17, 15) is 4.79 Å². The molecular formula is C32H27ClN4O3S. The summed E-state index contributed by atoms with van der Waals surface area (Å²) in [4.78, 5) is 17.3. The quantitative estimate of drug-likeness (QED) is 0.122. The predicted molar refractivity (Wildman–Crippen MR) is 166 cm³/mol. The topological polar surface area (TPSA) is 84.8 Å². The highest BCUT2D eigenvalue weighted by atomic mass is 35.5. The second-order valence-corrected chi connectivity index (χ2v) is 10.2. The summed E-state index contributed by atoms with van der Waals surface area (Å²) in [7, 11) is 0. The lowest BCUT2D eigenvalue weighted by Crippen LogP contribution is -2.17. The number of halogens is 1. The van der Waals surface area contributed by atoms with Crippen LogP contribution in [0.2, 0.25) is 5.02 Å². The maximum Gasteiger partial charge on any atom is 0.271 e. The van der Waals surface area contributed by atoms with Gasteiger partial charge in [-0.15, -0.1) is 11.3 Å². The van der Waals surface area contributed by atoms with Crippen LogP contribution < -0.4 is 20.2 Å². The van der Waals surface area contributed by atoms with E-state index in [2.05, 4.69) is 20.8 Å². The van der Waals surface area contributed by atoms with Gasteiger partial charge in [-0.3, -0.25) is 4.79 Å². The Morgan fingerprint density at radius 1 is 0.951 bits per heavy atom. The van der Waals surface area contributed by atoms with E-state index in [1.807, 2.05) is 97.2 Å². The van der Waals surface area contributed by atoms with E-state index in [0.717, 1.165) is 33.2 Å². The summed E-state index contributed by atoms with van der Waals surface area (Å²) >= 11 is 7.45. The van der Waals surface area contributed by atoms with Crippen molar-refractivity contribution < 1.29 is 14.3 Å². The lowest BCUT2D eigenvalue weighted by atomic mass is 10.1. The first kappa shape index (κ1) is 27.9. The van der Waals surface area contributed by atoms with Gasteiger partial charge in [0.2, 0.25) is 0 Å². The van der Waals surface area contributed by atoms with Crippen LogP contribution in [-0.4, -0.2) is 23.7 Å². The van der Waals surface area contributed by atoms with Crippen LogP contribution in [0.4, 0.5) is 10.8 Å². The average molecular weight is 583 g/mol. The number of hydrogen-bond donors (Lipinski definition) is 2. The van der Waals surface area contributed by atoms with E-state index in [4.69, 9.17) is 21.1 Å². The summed E-state index contributed by atoms with van der Waals surface area (Å²) < 4.78 is 11.7. The number of ether oxygens (including phenoxy) is 2. The summed E-state index contributed by atoms with van der Waals surface area (Å²) in [6.45, 7) is 2.85. The molecule has 0 aliphatic rings. The Hall–Kier alpha value is -4.66. The summed E-state index contributed by atoms with van der Waals surface area (Å²) in [5.41, 5.74) is 7.53. The molecule has 1 amide bonds. The molecule has 4 aromatic carbocycles. The van der Waals surface area contributed by atoms with Gasteiger partial charge >= 0.3 is 0 Å². The predicted octanol–water partition coefficient (Wildman–Crippen LogP) is 7.95. The second kappa shape index (κ2) is 13.6. The van der Waals surface area contributed by atoms with Gasteiger partial charge < -0.3 is 14.8 Å². The molecule has 0 unspecified atom stereocenters. The Balaban J connectivity index is 1.17. The van der Waals surface area contributed by atoms with Crippen LogP contribution >= 0.6 is 22.9 Å². The number of benzene rings is 4. The highest BCUT2D eigenvalue weighted by Crippen LogP contribution is 2.29. The molecule has 5 rings (SSSR count). The number of carbonyl (C=O) groups is 1. The first-order valence-electron chi connectivity index (χ1n) is 12.9. The van der Waals surface area contributed by atoms with Gasteiger partial charge in [0.05, 0.1) is 18.5 Å². The van der Waals surface area contributed by atoms with E-state index < -0.39 is 0 Å². The molecule has 1 heterocycles. The lowest BCUT2D eigenvalue weighted by molar-refractivity contribution is 0.0955. The largest absolute Gasteiger partial charge is 0.490 e. The molecule has 0 saturated heterocycles. The first-order chi connectivity index (χ1) is 20.1. The third kappa shape index (κ3) is 7.72. The molecule has 41 heavy (non-hydrogen) atoms. The number of nitrogens with zero attached hydrogens (tertiary/aromatic N) is 2. The van der Waals surface area contributed by atoms with Crippen LogP contribution in [0.5, 0.6) is 11.5 Å². The molecule has 0 aliphatic carbocycles. The number of hydrazone groups is 1. The molecule has 1 aromatic heterocycles. The SMILES string of the molecule is CCOc1cc(/C=N\NC(=O)c2ccc(-c3csc(Nc4ccc(Cl)cc4)n3)cc2)ccc1OCc1ccccc1. The Kier molecular flexibility index (Phi) is 9.26. The first-order valence-corrected chi connectivity index (χ1v) is 14.2. The highest BCUT2D eigenvalue weighted by Gasteiger charge is 2.09. The molecule has 0 radical (unpaired) electrons. The molecule has 7 nitrogen and oxygen atoms in total. The van der Waals surface area contributed by atoms with Crippen molar-refractivity contribution in [3.05, 3.63) is 124 Å². The van der Waals surface area contributed by atoms with Gasteiger partial charge in [-0.05, 0) is 72.6 Å². The molecule has 0 aliphatic heterocycles. The number of thiazole rings is 1. The van der Waals surface area contributed by atoms with E-state index in [1.165, 1.54) is 11.3 Å². The smallest absolute Gasteiger partial charge is 0.271 e. The maximum absolute atomic E-state index is 12.7. The van der Waals surface area contributed by atoms with Crippen molar-refractivity contribution in [1.29, 1.82) is 0 Å². The Labute approximate surface area is 247 Å². The zero-order valence-electron chi connectivity index (χ0n) is 22.2. The van der Waals surface area contributed by atoms with Crippen LogP contribution in [0.25, 0.3) is 11.3 Å². The molecule has 9 heteroatoms. The molecule has 0 fully saturated rings. The molecule has 5 aromatic rings. The molecule has 0 saturated carbocycles. The number of anilines is 2. The third-order valence-electron chi connectivity index (χ3n) is 5.93. The van der Waals surface area contributed by atoms with Crippen molar-refractivity contribution in [2.45, 2.75) is 13.5 Å². The number of aromatic nitrogens is 1. The summed E-state index contributed by atoms with van der Waals surface area (Å²) in [6.07, 6.45) is 1.57. The van der Waals surface area contributed by atoms with Crippen molar-refractivity contribution in [3.63, 3.8) is 0 Å². The summed E-state index contributed by atoms with van der Waals surface area (Å²) in [6, 6.07) is 30.1. The van der Waals surface area contributed by atoms with Crippen molar-refractivity contribution in [3.8, 4) is 22.8 Å². The number of rotatable bonds is 11. The van der Waals surface area contributed by atoms with Crippen LogP contribution in [0.1, 0.15) is 28.4 Å². The molecule has 0 spiro atoms. The summed E-state index contributed by atoms with van der Waals surface area (Å²) in [5, 5.41) is 10.8. The normalized spacial score (nSPS) is 10.9.